The largest absolute Gasteiger partial charge is 0.495 e. The summed E-state index contributed by atoms with van der Waals surface area (Å²) in [4.78, 5) is 41.9. The highest BCUT2D eigenvalue weighted by Gasteiger charge is 2.24. The minimum atomic E-state index is -0.520. The van der Waals surface area contributed by atoms with Gasteiger partial charge in [0.05, 0.1) is 29.5 Å². The van der Waals surface area contributed by atoms with Crippen molar-refractivity contribution in [3.63, 3.8) is 0 Å². The Balaban J connectivity index is 1.69. The molecule has 31 heavy (non-hydrogen) atoms. The van der Waals surface area contributed by atoms with E-state index in [-0.39, 0.29) is 22.5 Å². The summed E-state index contributed by atoms with van der Waals surface area (Å²) in [5.41, 5.74) is 0.590. The Morgan fingerprint density at radius 2 is 2.03 bits per heavy atom. The van der Waals surface area contributed by atoms with E-state index in [1.54, 1.807) is 42.5 Å². The van der Waals surface area contributed by atoms with Crippen molar-refractivity contribution in [2.75, 3.05) is 12.9 Å². The van der Waals surface area contributed by atoms with E-state index in [1.165, 1.54) is 11.7 Å². The van der Waals surface area contributed by atoms with Crippen LogP contribution in [0.25, 0.3) is 16.6 Å². The van der Waals surface area contributed by atoms with Crippen LogP contribution in [0.15, 0.2) is 52.4 Å². The highest BCUT2D eigenvalue weighted by molar-refractivity contribution is 7.99. The van der Waals surface area contributed by atoms with Crippen LogP contribution in [-0.4, -0.2) is 40.4 Å². The zero-order valence-corrected chi connectivity index (χ0v) is 18.1. The number of rotatable bonds is 6. The van der Waals surface area contributed by atoms with Crippen LogP contribution in [0, 0.1) is 0 Å². The van der Waals surface area contributed by atoms with Crippen LogP contribution in [0.5, 0.6) is 5.75 Å². The number of benzene rings is 2. The number of nitrogens with one attached hydrogen (secondary N) is 2. The van der Waals surface area contributed by atoms with Gasteiger partial charge in [-0.3, -0.25) is 19.5 Å². The highest BCUT2D eigenvalue weighted by Crippen LogP contribution is 2.27. The molecule has 2 aromatic carbocycles. The first-order valence-corrected chi connectivity index (χ1v) is 10.9. The number of carbonyl (C=O) groups excluding carboxylic acids is 2. The lowest BCUT2D eigenvalue weighted by atomic mass is 10.2. The molecule has 2 N–H and O–H groups in total. The van der Waals surface area contributed by atoms with Crippen molar-refractivity contribution in [2.45, 2.75) is 24.0 Å². The van der Waals surface area contributed by atoms with Gasteiger partial charge >= 0.3 is 6.03 Å². The molecule has 0 aliphatic heterocycles. The summed E-state index contributed by atoms with van der Waals surface area (Å²) in [5.74, 6) is -0.115. The Hall–Kier alpha value is -3.04. The van der Waals surface area contributed by atoms with Crippen LogP contribution in [0.3, 0.4) is 0 Å². The average Bonchev–Trinajstić information content (AvgIpc) is 3.56. The third kappa shape index (κ3) is 4.83. The molecule has 0 spiro atoms. The zero-order chi connectivity index (χ0) is 22.0. The van der Waals surface area contributed by atoms with E-state index in [2.05, 4.69) is 15.6 Å². The van der Waals surface area contributed by atoms with Gasteiger partial charge in [0.2, 0.25) is 5.91 Å². The van der Waals surface area contributed by atoms with Gasteiger partial charge in [0.1, 0.15) is 5.75 Å². The monoisotopic (exact) mass is 458 g/mol. The smallest absolute Gasteiger partial charge is 0.321 e. The zero-order valence-electron chi connectivity index (χ0n) is 16.6. The van der Waals surface area contributed by atoms with Crippen LogP contribution in [0.4, 0.5) is 4.79 Å². The normalized spacial score (nSPS) is 13.1. The number of methoxy groups -OCH3 is 1. The SMILES string of the molecule is COc1ccccc1-n1c(SCC(=O)NC(=O)NC2CC2)nc2cc(Cl)ccc2c1=O. The van der Waals surface area contributed by atoms with Crippen LogP contribution in [0.1, 0.15) is 12.8 Å². The van der Waals surface area contributed by atoms with E-state index >= 15 is 0 Å². The first-order chi connectivity index (χ1) is 15.0. The molecule has 8 nitrogen and oxygen atoms in total. The molecule has 0 unspecified atom stereocenters. The van der Waals surface area contributed by atoms with Crippen LogP contribution in [-0.2, 0) is 4.79 Å². The lowest BCUT2D eigenvalue weighted by Crippen LogP contribution is -2.41. The molecule has 1 aromatic heterocycles. The maximum absolute atomic E-state index is 13.3. The molecule has 1 heterocycles. The number of thioether (sulfide) groups is 1. The quantitative estimate of drug-likeness (QED) is 0.434. The number of urea groups is 1. The number of amides is 3. The van der Waals surface area contributed by atoms with E-state index in [1.807, 2.05) is 0 Å². The van der Waals surface area contributed by atoms with E-state index in [0.717, 1.165) is 24.6 Å². The minimum absolute atomic E-state index is 0.105. The Bertz CT molecular complexity index is 1230. The topological polar surface area (TPSA) is 102 Å². The number of carbonyl (C=O) groups is 2. The predicted octanol–water partition coefficient (Wildman–Crippen LogP) is 3.13. The molecule has 4 rings (SSSR count). The van der Waals surface area contributed by atoms with Crippen molar-refractivity contribution >= 4 is 46.2 Å². The number of ether oxygens (including phenoxy) is 1. The minimum Gasteiger partial charge on any atom is -0.495 e. The molecular weight excluding hydrogens is 440 g/mol. The predicted molar refractivity (Wildman–Crippen MR) is 119 cm³/mol. The number of aromatic nitrogens is 2. The molecular formula is C21H19ClN4O4S. The van der Waals surface area contributed by atoms with Crippen molar-refractivity contribution in [2.24, 2.45) is 0 Å². The molecule has 0 saturated heterocycles. The number of nitrogens with zero attached hydrogens (tertiary/aromatic N) is 2. The standard InChI is InChI=1S/C21H19ClN4O4S/c1-30-17-5-3-2-4-16(17)26-19(28)14-9-6-12(22)10-15(14)24-21(26)31-11-18(27)25-20(29)23-13-7-8-13/h2-6,9-10,13H,7-8,11H2,1H3,(H2,23,25,27,29). The Kier molecular flexibility index (Phi) is 6.15. The van der Waals surface area contributed by atoms with Gasteiger partial charge in [-0.2, -0.15) is 0 Å². The molecule has 1 fully saturated rings. The molecule has 160 valence electrons. The lowest BCUT2D eigenvalue weighted by molar-refractivity contribution is -0.117. The van der Waals surface area contributed by atoms with E-state index in [4.69, 9.17) is 16.3 Å². The fourth-order valence-electron chi connectivity index (χ4n) is 3.00. The third-order valence-electron chi connectivity index (χ3n) is 4.62. The number of para-hydroxylation sites is 2. The van der Waals surface area contributed by atoms with Crippen LogP contribution >= 0.6 is 23.4 Å². The van der Waals surface area contributed by atoms with Crippen molar-refractivity contribution in [3.05, 3.63) is 57.8 Å². The summed E-state index contributed by atoms with van der Waals surface area (Å²) in [5, 5.41) is 6.09. The van der Waals surface area contributed by atoms with Crippen molar-refractivity contribution in [1.29, 1.82) is 0 Å². The third-order valence-corrected chi connectivity index (χ3v) is 5.80. The van der Waals surface area contributed by atoms with Gasteiger partial charge < -0.3 is 10.1 Å². The van der Waals surface area contributed by atoms with Gasteiger partial charge in [-0.05, 0) is 43.2 Å². The van der Waals surface area contributed by atoms with Gasteiger partial charge in [0.15, 0.2) is 5.16 Å². The summed E-state index contributed by atoms with van der Waals surface area (Å²) in [6, 6.07) is 11.5. The summed E-state index contributed by atoms with van der Waals surface area (Å²) >= 11 is 7.12. The Labute approximate surface area is 186 Å². The summed E-state index contributed by atoms with van der Waals surface area (Å²) < 4.78 is 6.81. The molecule has 3 amide bonds. The molecule has 10 heteroatoms. The Morgan fingerprint density at radius 1 is 1.26 bits per heavy atom. The lowest BCUT2D eigenvalue weighted by Gasteiger charge is -2.15. The van der Waals surface area contributed by atoms with Crippen molar-refractivity contribution < 1.29 is 14.3 Å². The molecule has 0 atom stereocenters. The highest BCUT2D eigenvalue weighted by atomic mass is 35.5. The molecule has 0 bridgehead atoms. The number of hydrogen-bond acceptors (Lipinski definition) is 6. The first kappa shape index (κ1) is 21.2. The Morgan fingerprint density at radius 3 is 2.77 bits per heavy atom. The van der Waals surface area contributed by atoms with Gasteiger partial charge in [-0.25, -0.2) is 9.78 Å². The second-order valence-electron chi connectivity index (χ2n) is 6.95. The van der Waals surface area contributed by atoms with E-state index in [0.29, 0.717) is 27.4 Å². The van der Waals surface area contributed by atoms with E-state index in [9.17, 15) is 14.4 Å². The molecule has 1 aliphatic rings. The molecule has 3 aromatic rings. The number of halogens is 1. The van der Waals surface area contributed by atoms with Crippen molar-refractivity contribution in [3.8, 4) is 11.4 Å². The fourth-order valence-corrected chi connectivity index (χ4v) is 3.98. The van der Waals surface area contributed by atoms with Gasteiger partial charge in [0, 0.05) is 11.1 Å². The van der Waals surface area contributed by atoms with Gasteiger partial charge in [-0.15, -0.1) is 0 Å². The second kappa shape index (κ2) is 8.99. The average molecular weight is 459 g/mol. The summed E-state index contributed by atoms with van der Waals surface area (Å²) in [6.07, 6.45) is 1.84. The van der Waals surface area contributed by atoms with Crippen molar-refractivity contribution in [1.82, 2.24) is 20.2 Å². The number of fused-ring (bicyclic) bond motifs is 1. The molecule has 1 saturated carbocycles. The van der Waals surface area contributed by atoms with E-state index < -0.39 is 11.9 Å². The molecule has 1 aliphatic carbocycles. The first-order valence-electron chi connectivity index (χ1n) is 9.55. The number of imide groups is 1. The maximum atomic E-state index is 13.3. The summed E-state index contributed by atoms with van der Waals surface area (Å²) in [7, 11) is 1.51. The van der Waals surface area contributed by atoms with Crippen LogP contribution < -0.4 is 20.9 Å². The van der Waals surface area contributed by atoms with Gasteiger partial charge in [0.25, 0.3) is 5.56 Å². The molecule has 0 radical (unpaired) electrons. The second-order valence-corrected chi connectivity index (χ2v) is 8.33. The van der Waals surface area contributed by atoms with Crippen LogP contribution in [0.2, 0.25) is 5.02 Å². The number of hydrogen-bond donors (Lipinski definition) is 2. The summed E-state index contributed by atoms with van der Waals surface area (Å²) in [6.45, 7) is 0. The fraction of sp³-hybridized carbons (Fsp3) is 0.238. The van der Waals surface area contributed by atoms with Gasteiger partial charge in [-0.1, -0.05) is 35.5 Å². The maximum Gasteiger partial charge on any atom is 0.321 e.